The molecule has 3 rings (SSSR count). The lowest BCUT2D eigenvalue weighted by Crippen LogP contribution is -2.17. The zero-order valence-corrected chi connectivity index (χ0v) is 18.8. The molecule has 0 aliphatic carbocycles. The van der Waals surface area contributed by atoms with Crippen molar-refractivity contribution in [1.29, 1.82) is 0 Å². The summed E-state index contributed by atoms with van der Waals surface area (Å²) < 4.78 is 13.2. The van der Waals surface area contributed by atoms with Crippen LogP contribution in [0.15, 0.2) is 51.8 Å². The van der Waals surface area contributed by atoms with Crippen molar-refractivity contribution >= 4 is 72.1 Å². The molecule has 1 saturated heterocycles. The third-order valence-corrected chi connectivity index (χ3v) is 5.86. The molecule has 27 heavy (non-hydrogen) atoms. The van der Waals surface area contributed by atoms with Crippen LogP contribution in [0.2, 0.25) is 0 Å². The molecule has 1 aliphatic rings. The van der Waals surface area contributed by atoms with Crippen molar-refractivity contribution in [1.82, 2.24) is 5.32 Å². The fraction of sp³-hybridized carbons (Fsp3) is 0.158. The topological polar surface area (TPSA) is 47.6 Å². The Hall–Kier alpha value is -1.35. The summed E-state index contributed by atoms with van der Waals surface area (Å²) in [6, 6.07) is 13.4. The number of halogens is 2. The normalized spacial score (nSPS) is 15.1. The Morgan fingerprint density at radius 1 is 1.19 bits per heavy atom. The van der Waals surface area contributed by atoms with Crippen molar-refractivity contribution in [2.45, 2.75) is 6.61 Å². The number of rotatable bonds is 7. The molecule has 1 amide bonds. The highest BCUT2D eigenvalue weighted by Crippen LogP contribution is 2.32. The van der Waals surface area contributed by atoms with Crippen LogP contribution in [0.25, 0.3) is 6.08 Å². The van der Waals surface area contributed by atoms with Gasteiger partial charge < -0.3 is 14.8 Å². The first-order valence-corrected chi connectivity index (χ1v) is 11.1. The molecule has 0 unspecified atom stereocenters. The number of hydrogen-bond donors (Lipinski definition) is 1. The molecule has 8 heteroatoms. The second-order valence-electron chi connectivity index (χ2n) is 5.47. The van der Waals surface area contributed by atoms with Gasteiger partial charge in [-0.1, -0.05) is 74.0 Å². The monoisotopic (exact) mass is 527 g/mol. The molecule has 0 radical (unpaired) electrons. The van der Waals surface area contributed by atoms with E-state index in [4.69, 9.17) is 21.7 Å². The van der Waals surface area contributed by atoms with Crippen LogP contribution in [0.4, 0.5) is 0 Å². The van der Waals surface area contributed by atoms with Crippen molar-refractivity contribution in [2.75, 3.05) is 11.9 Å². The summed E-state index contributed by atoms with van der Waals surface area (Å²) in [5.74, 6) is 1.15. The lowest BCUT2D eigenvalue weighted by atomic mass is 10.1. The van der Waals surface area contributed by atoms with Crippen molar-refractivity contribution in [2.24, 2.45) is 0 Å². The molecule has 0 spiro atoms. The standard InChI is InChI=1S/C19H15Br2NO3S2/c20-7-8-24-14-6-5-12(9-17-18(23)22-19(26)27-17)16(10-14)25-11-13-3-1-2-4-15(13)21/h1-6,9-10H,7-8,11H2,(H,22,23,26). The van der Waals surface area contributed by atoms with E-state index in [0.717, 1.165) is 20.9 Å². The second kappa shape index (κ2) is 9.73. The van der Waals surface area contributed by atoms with Crippen molar-refractivity contribution in [3.63, 3.8) is 0 Å². The van der Waals surface area contributed by atoms with Gasteiger partial charge in [-0.2, -0.15) is 0 Å². The van der Waals surface area contributed by atoms with Gasteiger partial charge in [0.2, 0.25) is 0 Å². The molecule has 2 aromatic rings. The maximum Gasteiger partial charge on any atom is 0.263 e. The maximum absolute atomic E-state index is 12.0. The van der Waals surface area contributed by atoms with Crippen molar-refractivity contribution in [3.8, 4) is 11.5 Å². The third kappa shape index (κ3) is 5.57. The Labute approximate surface area is 184 Å². The Morgan fingerprint density at radius 2 is 2.00 bits per heavy atom. The predicted octanol–water partition coefficient (Wildman–Crippen LogP) is 5.29. The van der Waals surface area contributed by atoms with E-state index in [-0.39, 0.29) is 5.91 Å². The number of benzene rings is 2. The molecule has 0 aromatic heterocycles. The summed E-state index contributed by atoms with van der Waals surface area (Å²) in [6.07, 6.45) is 1.78. The molecular weight excluding hydrogens is 514 g/mol. The van der Waals surface area contributed by atoms with Crippen LogP contribution < -0.4 is 14.8 Å². The summed E-state index contributed by atoms with van der Waals surface area (Å²) in [7, 11) is 0. The zero-order chi connectivity index (χ0) is 19.2. The third-order valence-electron chi connectivity index (χ3n) is 3.60. The van der Waals surface area contributed by atoms with Crippen molar-refractivity contribution in [3.05, 3.63) is 63.0 Å². The van der Waals surface area contributed by atoms with E-state index in [1.165, 1.54) is 11.8 Å². The lowest BCUT2D eigenvalue weighted by Gasteiger charge is -2.13. The van der Waals surface area contributed by atoms with Crippen LogP contribution in [0.5, 0.6) is 11.5 Å². The van der Waals surface area contributed by atoms with Gasteiger partial charge in [0.25, 0.3) is 5.91 Å². The van der Waals surface area contributed by atoms with Gasteiger partial charge in [0.05, 0.1) is 11.5 Å². The van der Waals surface area contributed by atoms with Crippen molar-refractivity contribution < 1.29 is 14.3 Å². The maximum atomic E-state index is 12.0. The second-order valence-corrected chi connectivity index (χ2v) is 8.84. The molecule has 0 atom stereocenters. The lowest BCUT2D eigenvalue weighted by molar-refractivity contribution is -0.115. The number of amides is 1. The van der Waals surface area contributed by atoms with E-state index in [0.29, 0.717) is 33.9 Å². The van der Waals surface area contributed by atoms with Gasteiger partial charge >= 0.3 is 0 Å². The molecule has 1 heterocycles. The van der Waals surface area contributed by atoms with Crippen LogP contribution in [-0.2, 0) is 11.4 Å². The Bertz CT molecular complexity index is 902. The van der Waals surface area contributed by atoms with Gasteiger partial charge in [-0.3, -0.25) is 4.79 Å². The number of thioether (sulfide) groups is 1. The quantitative estimate of drug-likeness (QED) is 0.300. The minimum Gasteiger partial charge on any atom is -0.493 e. The molecular formula is C19H15Br2NO3S2. The van der Waals surface area contributed by atoms with E-state index in [9.17, 15) is 4.79 Å². The SMILES string of the molecule is O=C1NC(=S)SC1=Cc1ccc(OCCBr)cc1OCc1ccccc1Br. The van der Waals surface area contributed by atoms with E-state index >= 15 is 0 Å². The predicted molar refractivity (Wildman–Crippen MR) is 121 cm³/mol. The summed E-state index contributed by atoms with van der Waals surface area (Å²) in [5, 5.41) is 3.36. The average Bonchev–Trinajstić information content (AvgIpc) is 2.97. The van der Waals surface area contributed by atoms with Gasteiger partial charge in [0.1, 0.15) is 22.4 Å². The number of carbonyl (C=O) groups is 1. The number of alkyl halides is 1. The molecule has 0 bridgehead atoms. The van der Waals surface area contributed by atoms with Crippen LogP contribution in [-0.4, -0.2) is 22.2 Å². The summed E-state index contributed by atoms with van der Waals surface area (Å²) in [5.41, 5.74) is 1.81. The minimum atomic E-state index is -0.193. The fourth-order valence-electron chi connectivity index (χ4n) is 2.34. The number of nitrogens with one attached hydrogen (secondary N) is 1. The smallest absolute Gasteiger partial charge is 0.263 e. The molecule has 1 aliphatic heterocycles. The highest BCUT2D eigenvalue weighted by Gasteiger charge is 2.22. The van der Waals surface area contributed by atoms with E-state index in [1.54, 1.807) is 6.08 Å². The number of thiocarbonyl (C=S) groups is 1. The Morgan fingerprint density at radius 3 is 2.70 bits per heavy atom. The summed E-state index contributed by atoms with van der Waals surface area (Å²) in [4.78, 5) is 12.5. The molecule has 1 N–H and O–H groups in total. The molecule has 0 saturated carbocycles. The minimum absolute atomic E-state index is 0.193. The van der Waals surface area contributed by atoms with Gasteiger partial charge in [0.15, 0.2) is 0 Å². The van der Waals surface area contributed by atoms with Crippen LogP contribution >= 0.6 is 55.8 Å². The summed E-state index contributed by atoms with van der Waals surface area (Å²) >= 11 is 13.2. The highest BCUT2D eigenvalue weighted by atomic mass is 79.9. The first-order valence-electron chi connectivity index (χ1n) is 8.00. The highest BCUT2D eigenvalue weighted by molar-refractivity contribution is 9.10. The average molecular weight is 529 g/mol. The van der Waals surface area contributed by atoms with Gasteiger partial charge in [-0.25, -0.2) is 0 Å². The Kier molecular flexibility index (Phi) is 7.34. The number of ether oxygens (including phenoxy) is 2. The number of hydrogen-bond acceptors (Lipinski definition) is 5. The molecule has 140 valence electrons. The Balaban J connectivity index is 1.87. The van der Waals surface area contributed by atoms with Gasteiger partial charge in [-0.05, 0) is 24.3 Å². The van der Waals surface area contributed by atoms with E-state index < -0.39 is 0 Å². The van der Waals surface area contributed by atoms with Gasteiger partial charge in [-0.15, -0.1) is 0 Å². The van der Waals surface area contributed by atoms with Crippen LogP contribution in [0.1, 0.15) is 11.1 Å². The molecule has 1 fully saturated rings. The van der Waals surface area contributed by atoms with E-state index in [1.807, 2.05) is 42.5 Å². The van der Waals surface area contributed by atoms with Crippen LogP contribution in [0, 0.1) is 0 Å². The largest absolute Gasteiger partial charge is 0.493 e. The van der Waals surface area contributed by atoms with Gasteiger partial charge in [0, 0.05) is 27.0 Å². The first kappa shape index (κ1) is 20.4. The zero-order valence-electron chi connectivity index (χ0n) is 14.0. The first-order chi connectivity index (χ1) is 13.1. The fourth-order valence-corrected chi connectivity index (χ4v) is 3.93. The molecule has 2 aromatic carbocycles. The van der Waals surface area contributed by atoms with Crippen LogP contribution in [0.3, 0.4) is 0 Å². The van der Waals surface area contributed by atoms with E-state index in [2.05, 4.69) is 37.2 Å². The molecule has 4 nitrogen and oxygen atoms in total. The number of carbonyl (C=O) groups excluding carboxylic acids is 1. The summed E-state index contributed by atoms with van der Waals surface area (Å²) in [6.45, 7) is 0.938.